The lowest BCUT2D eigenvalue weighted by molar-refractivity contribution is -0.116. The summed E-state index contributed by atoms with van der Waals surface area (Å²) >= 11 is 0. The maximum atomic E-state index is 12.2. The normalized spacial score (nSPS) is 11.9. The maximum Gasteiger partial charge on any atom is 0.240 e. The van der Waals surface area contributed by atoms with E-state index in [0.29, 0.717) is 44.5 Å². The van der Waals surface area contributed by atoms with Crippen LogP contribution in [-0.4, -0.2) is 35.8 Å². The third kappa shape index (κ3) is 8.70. The first-order chi connectivity index (χ1) is 15.2. The highest BCUT2D eigenvalue weighted by Crippen LogP contribution is 2.15. The summed E-state index contributed by atoms with van der Waals surface area (Å²) in [5.74, 6) is -0.174. The molecule has 0 atom stereocenters. The molecule has 0 heterocycles. The fourth-order valence-corrected chi connectivity index (χ4v) is 5.05. The van der Waals surface area contributed by atoms with Crippen LogP contribution >= 0.6 is 0 Å². The molecule has 0 aliphatic carbocycles. The van der Waals surface area contributed by atoms with Gasteiger partial charge in [-0.15, -0.1) is 0 Å². The number of unbranched alkanes of at least 4 members (excludes halogenated alkanes) is 3. The lowest BCUT2D eigenvalue weighted by Crippen LogP contribution is -2.24. The molecule has 0 radical (unpaired) electrons. The number of hydrogen-bond donors (Lipinski definition) is 3. The van der Waals surface area contributed by atoms with Crippen LogP contribution in [0.4, 0.5) is 5.69 Å². The Morgan fingerprint density at radius 1 is 0.719 bits per heavy atom. The van der Waals surface area contributed by atoms with Gasteiger partial charge in [-0.05, 0) is 55.7 Å². The second kappa shape index (κ2) is 12.7. The van der Waals surface area contributed by atoms with E-state index in [4.69, 9.17) is 0 Å². The summed E-state index contributed by atoms with van der Waals surface area (Å²) in [5, 5.41) is 2.74. The standard InChI is InChI=1S/C22H31N3O5S2/c1-2-3-17-23-32(29,30)21-15-13-19(14-16-21)25-22(26)12-8-5-9-18-24-31(27,28)20-10-6-4-7-11-20/h4,6-7,10-11,13-16,23-24H,2-3,5,8-9,12,17-18H2,1H3,(H,25,26). The molecule has 2 aromatic carbocycles. The summed E-state index contributed by atoms with van der Waals surface area (Å²) in [4.78, 5) is 12.5. The van der Waals surface area contributed by atoms with Crippen molar-refractivity contribution in [3.05, 3.63) is 54.6 Å². The number of carbonyl (C=O) groups excluding carboxylic acids is 1. The quantitative estimate of drug-likeness (QED) is 0.358. The largest absolute Gasteiger partial charge is 0.326 e. The van der Waals surface area contributed by atoms with Crippen molar-refractivity contribution in [2.45, 2.75) is 55.2 Å². The minimum Gasteiger partial charge on any atom is -0.326 e. The number of anilines is 1. The minimum absolute atomic E-state index is 0.157. The van der Waals surface area contributed by atoms with Gasteiger partial charge in [0.2, 0.25) is 26.0 Å². The molecule has 0 aliphatic heterocycles. The smallest absolute Gasteiger partial charge is 0.240 e. The van der Waals surface area contributed by atoms with Gasteiger partial charge in [-0.3, -0.25) is 4.79 Å². The minimum atomic E-state index is -3.54. The fourth-order valence-electron chi connectivity index (χ4n) is 2.88. The van der Waals surface area contributed by atoms with Crippen LogP contribution in [0.2, 0.25) is 0 Å². The summed E-state index contributed by atoms with van der Waals surface area (Å²) in [7, 11) is -7.04. The summed E-state index contributed by atoms with van der Waals surface area (Å²) in [6, 6.07) is 14.2. The predicted molar refractivity (Wildman–Crippen MR) is 125 cm³/mol. The predicted octanol–water partition coefficient (Wildman–Crippen LogP) is 3.24. The first-order valence-corrected chi connectivity index (χ1v) is 13.7. The Bertz CT molecular complexity index is 1050. The number of carbonyl (C=O) groups is 1. The van der Waals surface area contributed by atoms with Gasteiger partial charge in [-0.2, -0.15) is 0 Å². The molecule has 0 aliphatic rings. The van der Waals surface area contributed by atoms with E-state index in [0.717, 1.165) is 12.8 Å². The first-order valence-electron chi connectivity index (χ1n) is 10.7. The van der Waals surface area contributed by atoms with E-state index in [1.165, 1.54) is 24.3 Å². The van der Waals surface area contributed by atoms with Crippen molar-refractivity contribution in [3.8, 4) is 0 Å². The lowest BCUT2D eigenvalue weighted by Gasteiger charge is -2.09. The Morgan fingerprint density at radius 3 is 1.88 bits per heavy atom. The number of benzene rings is 2. The van der Waals surface area contributed by atoms with Gasteiger partial charge in [-0.1, -0.05) is 38.0 Å². The highest BCUT2D eigenvalue weighted by molar-refractivity contribution is 7.89. The molecule has 176 valence electrons. The van der Waals surface area contributed by atoms with Gasteiger partial charge in [-0.25, -0.2) is 26.3 Å². The van der Waals surface area contributed by atoms with Crippen LogP contribution in [0.1, 0.15) is 45.4 Å². The van der Waals surface area contributed by atoms with E-state index in [1.807, 2.05) is 6.92 Å². The number of sulfonamides is 2. The molecule has 10 heteroatoms. The number of amides is 1. The molecule has 1 amide bonds. The van der Waals surface area contributed by atoms with E-state index >= 15 is 0 Å². The van der Waals surface area contributed by atoms with E-state index in [9.17, 15) is 21.6 Å². The SMILES string of the molecule is CCCCNS(=O)(=O)c1ccc(NC(=O)CCCCCNS(=O)(=O)c2ccccc2)cc1. The van der Waals surface area contributed by atoms with Crippen LogP contribution < -0.4 is 14.8 Å². The molecule has 3 N–H and O–H groups in total. The Balaban J connectivity index is 1.68. The molecule has 2 rings (SSSR count). The van der Waals surface area contributed by atoms with Crippen LogP contribution in [-0.2, 0) is 24.8 Å². The Kier molecular flexibility index (Phi) is 10.3. The molecule has 0 aromatic heterocycles. The first kappa shape index (κ1) is 26.0. The molecule has 0 saturated carbocycles. The average Bonchev–Trinajstić information content (AvgIpc) is 2.77. The highest BCUT2D eigenvalue weighted by atomic mass is 32.2. The second-order valence-electron chi connectivity index (χ2n) is 7.35. The van der Waals surface area contributed by atoms with E-state index in [1.54, 1.807) is 30.3 Å². The summed E-state index contributed by atoms with van der Waals surface area (Å²) in [6.07, 6.45) is 3.90. The topological polar surface area (TPSA) is 121 Å². The van der Waals surface area contributed by atoms with Gasteiger partial charge >= 0.3 is 0 Å². The van der Waals surface area contributed by atoms with E-state index in [2.05, 4.69) is 14.8 Å². The van der Waals surface area contributed by atoms with Gasteiger partial charge in [0.05, 0.1) is 9.79 Å². The van der Waals surface area contributed by atoms with Crippen molar-refractivity contribution in [3.63, 3.8) is 0 Å². The van der Waals surface area contributed by atoms with Gasteiger partial charge in [0.15, 0.2) is 0 Å². The van der Waals surface area contributed by atoms with Crippen molar-refractivity contribution in [2.75, 3.05) is 18.4 Å². The molecule has 2 aromatic rings. The van der Waals surface area contributed by atoms with Crippen molar-refractivity contribution in [1.29, 1.82) is 0 Å². The number of hydrogen-bond acceptors (Lipinski definition) is 5. The zero-order chi connectivity index (χ0) is 23.5. The zero-order valence-electron chi connectivity index (χ0n) is 18.2. The van der Waals surface area contributed by atoms with Crippen molar-refractivity contribution < 1.29 is 21.6 Å². The second-order valence-corrected chi connectivity index (χ2v) is 10.9. The van der Waals surface area contributed by atoms with Gasteiger partial charge in [0.25, 0.3) is 0 Å². The molecule has 32 heavy (non-hydrogen) atoms. The molecular weight excluding hydrogens is 450 g/mol. The van der Waals surface area contributed by atoms with Crippen LogP contribution in [0.25, 0.3) is 0 Å². The Morgan fingerprint density at radius 2 is 1.28 bits per heavy atom. The Labute approximate surface area is 190 Å². The monoisotopic (exact) mass is 481 g/mol. The van der Waals surface area contributed by atoms with E-state index < -0.39 is 20.0 Å². The summed E-state index contributed by atoms with van der Waals surface area (Å²) in [6.45, 7) is 2.69. The van der Waals surface area contributed by atoms with Gasteiger partial charge in [0.1, 0.15) is 0 Å². The van der Waals surface area contributed by atoms with Crippen molar-refractivity contribution >= 4 is 31.6 Å². The van der Waals surface area contributed by atoms with Gasteiger partial charge < -0.3 is 5.32 Å². The maximum absolute atomic E-state index is 12.2. The third-order valence-electron chi connectivity index (χ3n) is 4.70. The molecule has 0 fully saturated rings. The summed E-state index contributed by atoms with van der Waals surface area (Å²) in [5.41, 5.74) is 0.526. The molecule has 0 bridgehead atoms. The van der Waals surface area contributed by atoms with Crippen LogP contribution in [0.5, 0.6) is 0 Å². The molecule has 0 unspecified atom stereocenters. The Hall–Kier alpha value is -2.27. The average molecular weight is 482 g/mol. The van der Waals surface area contributed by atoms with Crippen molar-refractivity contribution in [1.82, 2.24) is 9.44 Å². The number of nitrogens with one attached hydrogen (secondary N) is 3. The molecular formula is C22H31N3O5S2. The summed E-state index contributed by atoms with van der Waals surface area (Å²) < 4.78 is 53.7. The molecule has 8 nitrogen and oxygen atoms in total. The van der Waals surface area contributed by atoms with Crippen LogP contribution in [0.3, 0.4) is 0 Å². The highest BCUT2D eigenvalue weighted by Gasteiger charge is 2.14. The third-order valence-corrected chi connectivity index (χ3v) is 7.65. The van der Waals surface area contributed by atoms with Crippen LogP contribution in [0, 0.1) is 0 Å². The van der Waals surface area contributed by atoms with Gasteiger partial charge in [0, 0.05) is 25.2 Å². The number of rotatable bonds is 14. The fraction of sp³-hybridized carbons (Fsp3) is 0.409. The molecule has 0 saturated heterocycles. The molecule has 0 spiro atoms. The van der Waals surface area contributed by atoms with Crippen LogP contribution in [0.15, 0.2) is 64.4 Å². The van der Waals surface area contributed by atoms with Crippen molar-refractivity contribution in [2.24, 2.45) is 0 Å². The van der Waals surface area contributed by atoms with E-state index in [-0.39, 0.29) is 15.7 Å². The zero-order valence-corrected chi connectivity index (χ0v) is 19.8. The lowest BCUT2D eigenvalue weighted by atomic mass is 10.2.